The lowest BCUT2D eigenvalue weighted by Gasteiger charge is -2.06. The predicted octanol–water partition coefficient (Wildman–Crippen LogP) is 0.962. The third kappa shape index (κ3) is 1.80. The average molecular weight is 113 g/mol. The van der Waals surface area contributed by atoms with Gasteiger partial charge in [0.15, 0.2) is 0 Å². The summed E-state index contributed by atoms with van der Waals surface area (Å²) in [6.07, 6.45) is 0. The molecule has 0 heterocycles. The molecular weight excluding hydrogens is 102 g/mol. The monoisotopic (exact) mass is 113 g/mol. The van der Waals surface area contributed by atoms with Gasteiger partial charge in [-0.15, -0.1) is 0 Å². The van der Waals surface area contributed by atoms with Crippen LogP contribution in [0.1, 0.15) is 6.92 Å². The molecular formula is C6H11NO. The van der Waals surface area contributed by atoms with Crippen LogP contribution in [-0.4, -0.2) is 11.1 Å². The van der Waals surface area contributed by atoms with Gasteiger partial charge in [-0.2, -0.15) is 0 Å². The number of aliphatic hydroxyl groups is 1. The molecule has 0 rings (SSSR count). The quantitative estimate of drug-likeness (QED) is 0.414. The number of aliphatic hydroxyl groups excluding tert-OH is 1. The van der Waals surface area contributed by atoms with E-state index in [0.717, 1.165) is 5.57 Å². The van der Waals surface area contributed by atoms with Crippen molar-refractivity contribution in [1.29, 1.82) is 0 Å². The molecule has 0 bridgehead atoms. The van der Waals surface area contributed by atoms with E-state index in [-0.39, 0.29) is 5.76 Å². The summed E-state index contributed by atoms with van der Waals surface area (Å²) < 4.78 is 0. The highest BCUT2D eigenvalue weighted by Crippen LogP contribution is 2.00. The van der Waals surface area contributed by atoms with E-state index < -0.39 is 6.04 Å². The van der Waals surface area contributed by atoms with Gasteiger partial charge in [0, 0.05) is 0 Å². The number of nitrogens with two attached hydrogens (primary N) is 1. The Bertz CT molecular complexity index is 104. The molecule has 0 spiro atoms. The van der Waals surface area contributed by atoms with Crippen molar-refractivity contribution in [3.63, 3.8) is 0 Å². The van der Waals surface area contributed by atoms with Gasteiger partial charge in [0.25, 0.3) is 0 Å². The zero-order valence-corrected chi connectivity index (χ0v) is 5.02. The summed E-state index contributed by atoms with van der Waals surface area (Å²) in [7, 11) is 0. The van der Waals surface area contributed by atoms with Crippen LogP contribution in [0.2, 0.25) is 0 Å². The van der Waals surface area contributed by atoms with E-state index in [1.807, 2.05) is 0 Å². The van der Waals surface area contributed by atoms with Crippen molar-refractivity contribution in [3.05, 3.63) is 24.5 Å². The normalized spacial score (nSPS) is 12.8. The second-order valence-corrected chi connectivity index (χ2v) is 1.82. The first-order valence-electron chi connectivity index (χ1n) is 2.34. The van der Waals surface area contributed by atoms with Crippen LogP contribution in [0.25, 0.3) is 0 Å². The highest BCUT2D eigenvalue weighted by molar-refractivity contribution is 5.12. The molecule has 1 atom stereocenters. The molecule has 0 unspecified atom stereocenters. The van der Waals surface area contributed by atoms with E-state index in [2.05, 4.69) is 13.2 Å². The fourth-order valence-electron chi connectivity index (χ4n) is 0.284. The summed E-state index contributed by atoms with van der Waals surface area (Å²) in [5, 5.41) is 8.61. The topological polar surface area (TPSA) is 46.2 Å². The number of rotatable bonds is 2. The van der Waals surface area contributed by atoms with Crippen LogP contribution in [0.5, 0.6) is 0 Å². The van der Waals surface area contributed by atoms with Crippen LogP contribution in [0.15, 0.2) is 24.5 Å². The maximum Gasteiger partial charge on any atom is 0.106 e. The van der Waals surface area contributed by atoms with Gasteiger partial charge in [-0.1, -0.05) is 18.7 Å². The molecule has 0 aliphatic rings. The largest absolute Gasteiger partial charge is 0.511 e. The molecule has 2 heteroatoms. The maximum atomic E-state index is 8.61. The molecule has 0 aliphatic carbocycles. The minimum absolute atomic E-state index is 0.0301. The molecule has 0 amide bonds. The van der Waals surface area contributed by atoms with Gasteiger partial charge in [0.1, 0.15) is 5.76 Å². The van der Waals surface area contributed by atoms with E-state index in [4.69, 9.17) is 10.8 Å². The Morgan fingerprint density at radius 1 is 1.62 bits per heavy atom. The van der Waals surface area contributed by atoms with Crippen molar-refractivity contribution < 1.29 is 5.11 Å². The van der Waals surface area contributed by atoms with Gasteiger partial charge in [-0.05, 0) is 6.92 Å². The highest BCUT2D eigenvalue weighted by Gasteiger charge is 2.03. The highest BCUT2D eigenvalue weighted by atomic mass is 16.3. The SMILES string of the molecule is C=C(C)[C@@H](N)C(=C)O. The first kappa shape index (κ1) is 7.24. The van der Waals surface area contributed by atoms with Gasteiger partial charge < -0.3 is 10.8 Å². The Kier molecular flexibility index (Phi) is 2.28. The van der Waals surface area contributed by atoms with Crippen molar-refractivity contribution in [2.24, 2.45) is 5.73 Å². The molecule has 3 N–H and O–H groups in total. The Hall–Kier alpha value is -0.760. The van der Waals surface area contributed by atoms with Crippen molar-refractivity contribution in [1.82, 2.24) is 0 Å². The van der Waals surface area contributed by atoms with Gasteiger partial charge in [-0.3, -0.25) is 0 Å². The van der Waals surface area contributed by atoms with E-state index >= 15 is 0 Å². The summed E-state index contributed by atoms with van der Waals surface area (Å²) in [5.74, 6) is -0.0301. The van der Waals surface area contributed by atoms with Crippen LogP contribution in [0.4, 0.5) is 0 Å². The fraction of sp³-hybridized carbons (Fsp3) is 0.333. The van der Waals surface area contributed by atoms with Gasteiger partial charge in [0.2, 0.25) is 0 Å². The number of hydrogen-bond acceptors (Lipinski definition) is 2. The Labute approximate surface area is 49.3 Å². The summed E-state index contributed by atoms with van der Waals surface area (Å²) in [4.78, 5) is 0. The van der Waals surface area contributed by atoms with Crippen molar-refractivity contribution in [3.8, 4) is 0 Å². The van der Waals surface area contributed by atoms with Crippen LogP contribution >= 0.6 is 0 Å². The molecule has 46 valence electrons. The molecule has 0 radical (unpaired) electrons. The second kappa shape index (κ2) is 2.52. The lowest BCUT2D eigenvalue weighted by Crippen LogP contribution is -2.22. The predicted molar refractivity (Wildman–Crippen MR) is 34.6 cm³/mol. The third-order valence-electron chi connectivity index (χ3n) is 0.890. The molecule has 0 saturated heterocycles. The van der Waals surface area contributed by atoms with Gasteiger partial charge in [-0.25, -0.2) is 0 Å². The molecule has 8 heavy (non-hydrogen) atoms. The van der Waals surface area contributed by atoms with E-state index in [1.165, 1.54) is 0 Å². The first-order valence-corrected chi connectivity index (χ1v) is 2.34. The fourth-order valence-corrected chi connectivity index (χ4v) is 0.284. The van der Waals surface area contributed by atoms with Gasteiger partial charge >= 0.3 is 0 Å². The van der Waals surface area contributed by atoms with Crippen LogP contribution in [0, 0.1) is 0 Å². The summed E-state index contributed by atoms with van der Waals surface area (Å²) in [6.45, 7) is 8.52. The van der Waals surface area contributed by atoms with E-state index in [1.54, 1.807) is 6.92 Å². The molecule has 0 saturated carbocycles. The average Bonchev–Trinajstić information content (AvgIpc) is 1.64. The van der Waals surface area contributed by atoms with Crippen molar-refractivity contribution in [2.45, 2.75) is 13.0 Å². The van der Waals surface area contributed by atoms with Crippen LogP contribution in [-0.2, 0) is 0 Å². The second-order valence-electron chi connectivity index (χ2n) is 1.82. The Morgan fingerprint density at radius 3 is 2.00 bits per heavy atom. The number of hydrogen-bond donors (Lipinski definition) is 2. The van der Waals surface area contributed by atoms with E-state index in [0.29, 0.717) is 0 Å². The lowest BCUT2D eigenvalue weighted by molar-refractivity contribution is 0.383. The van der Waals surface area contributed by atoms with Crippen molar-refractivity contribution >= 4 is 0 Å². The molecule has 0 aromatic rings. The van der Waals surface area contributed by atoms with Crippen molar-refractivity contribution in [2.75, 3.05) is 0 Å². The molecule has 2 nitrogen and oxygen atoms in total. The molecule has 0 aliphatic heterocycles. The Balaban J connectivity index is 3.83. The van der Waals surface area contributed by atoms with E-state index in [9.17, 15) is 0 Å². The molecule has 0 fully saturated rings. The van der Waals surface area contributed by atoms with Gasteiger partial charge in [0.05, 0.1) is 6.04 Å². The maximum absolute atomic E-state index is 8.61. The minimum atomic E-state index is -0.463. The standard InChI is InChI=1S/C6H11NO/c1-4(2)6(7)5(3)8/h6,8H,1,3,7H2,2H3/t6-/m1/s1. The Morgan fingerprint density at radius 2 is 2.00 bits per heavy atom. The molecule has 0 aromatic carbocycles. The summed E-state index contributed by atoms with van der Waals surface area (Å²) in [6, 6.07) is -0.463. The lowest BCUT2D eigenvalue weighted by atomic mass is 10.1. The third-order valence-corrected chi connectivity index (χ3v) is 0.890. The summed E-state index contributed by atoms with van der Waals surface area (Å²) >= 11 is 0. The smallest absolute Gasteiger partial charge is 0.106 e. The summed E-state index contributed by atoms with van der Waals surface area (Å²) in [5.41, 5.74) is 6.03. The van der Waals surface area contributed by atoms with Crippen LogP contribution < -0.4 is 5.73 Å². The van der Waals surface area contributed by atoms with Crippen LogP contribution in [0.3, 0.4) is 0 Å². The molecule has 0 aromatic heterocycles. The minimum Gasteiger partial charge on any atom is -0.511 e. The zero-order chi connectivity index (χ0) is 6.73. The zero-order valence-electron chi connectivity index (χ0n) is 5.02. The first-order chi connectivity index (χ1) is 3.55.